The number of halogens is 3. The Balaban J connectivity index is 2.20. The van der Waals surface area contributed by atoms with Crippen molar-refractivity contribution < 1.29 is 30.0 Å². The van der Waals surface area contributed by atoms with Gasteiger partial charge >= 0.3 is 18.0 Å². The van der Waals surface area contributed by atoms with Gasteiger partial charge in [-0.3, -0.25) is 4.79 Å². The van der Waals surface area contributed by atoms with E-state index in [-0.39, 0.29) is 6.61 Å². The Morgan fingerprint density at radius 3 is 2.09 bits per heavy atom. The van der Waals surface area contributed by atoms with Crippen molar-refractivity contribution in [3.05, 3.63) is 83.9 Å². The molecule has 0 spiro atoms. The van der Waals surface area contributed by atoms with Crippen LogP contribution in [0.2, 0.25) is 0 Å². The molecule has 1 N–H and O–H groups in total. The third-order valence-corrected chi connectivity index (χ3v) is 4.33. The number of amides is 1. The molecule has 2 aromatic rings. The number of esters is 2. The lowest BCUT2D eigenvalue weighted by atomic mass is 10.0. The zero-order valence-electron chi connectivity index (χ0n) is 18.3. The van der Waals surface area contributed by atoms with E-state index >= 15 is 0 Å². The van der Waals surface area contributed by atoms with E-state index in [1.807, 2.05) is 36.4 Å². The summed E-state index contributed by atoms with van der Waals surface area (Å²) in [6.07, 6.45) is 0.806. The highest BCUT2D eigenvalue weighted by Crippen LogP contribution is 2.27. The second-order valence-corrected chi connectivity index (χ2v) is 9.08. The number of alkyl halides is 3. The van der Waals surface area contributed by atoms with Crippen molar-refractivity contribution in [1.82, 2.24) is 5.32 Å². The van der Waals surface area contributed by atoms with Crippen LogP contribution in [0.3, 0.4) is 0 Å². The van der Waals surface area contributed by atoms with Gasteiger partial charge in [0.15, 0.2) is 6.10 Å². The molecular formula is C23H22Cl3NO6. The van der Waals surface area contributed by atoms with Crippen LogP contribution in [-0.4, -0.2) is 41.1 Å². The third-order valence-electron chi connectivity index (χ3n) is 4.00. The molecule has 0 bridgehead atoms. The molecule has 0 radical (unpaired) electrons. The van der Waals surface area contributed by atoms with Gasteiger partial charge in [0.25, 0.3) is 0 Å². The van der Waals surface area contributed by atoms with Crippen molar-refractivity contribution in [1.29, 1.82) is 0 Å². The van der Waals surface area contributed by atoms with Crippen LogP contribution in [0.4, 0.5) is 4.79 Å². The van der Waals surface area contributed by atoms with Gasteiger partial charge in [-0.2, -0.15) is 0 Å². The van der Waals surface area contributed by atoms with Crippen LogP contribution in [0.1, 0.15) is 25.5 Å². The van der Waals surface area contributed by atoms with Crippen molar-refractivity contribution >= 4 is 52.8 Å². The first-order valence-corrected chi connectivity index (χ1v) is 10.7. The van der Waals surface area contributed by atoms with E-state index in [9.17, 15) is 14.4 Å². The van der Waals surface area contributed by atoms with Gasteiger partial charge < -0.3 is 19.5 Å². The van der Waals surface area contributed by atoms with Crippen LogP contribution >= 0.6 is 34.8 Å². The molecular weight excluding hydrogens is 493 g/mol. The van der Waals surface area contributed by atoms with Gasteiger partial charge in [0, 0.05) is 8.27 Å². The molecule has 1 atom stereocenters. The number of nitrogens with one attached hydrogen (secondary N) is 1. The molecule has 0 aliphatic heterocycles. The van der Waals surface area contributed by atoms with Crippen molar-refractivity contribution in [2.75, 3.05) is 13.2 Å². The first kappa shape index (κ1) is 24.9. The molecule has 0 saturated carbocycles. The van der Waals surface area contributed by atoms with Crippen molar-refractivity contribution in [3.8, 4) is 0 Å². The second-order valence-electron chi connectivity index (χ2n) is 6.56. The molecule has 0 aliphatic rings. The summed E-state index contributed by atoms with van der Waals surface area (Å²) < 4.78 is 20.5. The molecule has 1 unspecified atom stereocenters. The molecule has 10 heteroatoms. The summed E-state index contributed by atoms with van der Waals surface area (Å²) in [6, 6.07) is 16.8. The maximum absolute atomic E-state index is 13.1. The van der Waals surface area contributed by atoms with Gasteiger partial charge in [-0.15, -0.1) is 0 Å². The lowest BCUT2D eigenvalue weighted by Gasteiger charge is -2.22. The molecule has 1 amide bonds. The summed E-state index contributed by atoms with van der Waals surface area (Å²) >= 11 is 16.7. The highest BCUT2D eigenvalue weighted by atomic mass is 35.6. The minimum atomic E-state index is -1.83. The van der Waals surface area contributed by atoms with E-state index in [0.717, 1.165) is 0 Å². The zero-order chi connectivity index (χ0) is 25.0. The summed E-state index contributed by atoms with van der Waals surface area (Å²) in [5, 5.41) is 2.32. The van der Waals surface area contributed by atoms with Crippen LogP contribution in [-0.2, 0) is 23.8 Å². The first-order chi connectivity index (χ1) is 16.2. The Labute approximate surface area is 208 Å². The highest BCUT2D eigenvalue weighted by Gasteiger charge is 2.27. The largest absolute Gasteiger partial charge is 0.462 e. The van der Waals surface area contributed by atoms with Crippen molar-refractivity contribution in [2.24, 2.45) is 0 Å². The molecule has 0 saturated heterocycles. The first-order valence-electron chi connectivity index (χ1n) is 10.3. The fourth-order valence-electron chi connectivity index (χ4n) is 2.61. The smallest absolute Gasteiger partial charge is 0.408 e. The normalized spacial score (nSPS) is 12.7. The van der Waals surface area contributed by atoms with Crippen LogP contribution in [0.5, 0.6) is 0 Å². The molecule has 0 fully saturated rings. The van der Waals surface area contributed by atoms with Crippen LogP contribution in [0, 0.1) is 0 Å². The fraction of sp³-hybridized carbons (Fsp3) is 0.261. The van der Waals surface area contributed by atoms with Gasteiger partial charge in [-0.1, -0.05) is 102 Å². The molecule has 176 valence electrons. The average Bonchev–Trinajstić information content (AvgIpc) is 2.83. The molecule has 0 heterocycles. The molecule has 2 rings (SSSR count). The predicted molar refractivity (Wildman–Crippen MR) is 125 cm³/mol. The van der Waals surface area contributed by atoms with Gasteiger partial charge in [0.2, 0.25) is 3.79 Å². The highest BCUT2D eigenvalue weighted by molar-refractivity contribution is 6.67. The fourth-order valence-corrected chi connectivity index (χ4v) is 2.77. The zero-order valence-corrected chi connectivity index (χ0v) is 19.6. The van der Waals surface area contributed by atoms with Crippen LogP contribution in [0.25, 0.3) is 0 Å². The Morgan fingerprint density at radius 2 is 1.58 bits per heavy atom. The molecule has 2 aromatic carbocycles. The average molecular weight is 516 g/mol. The number of carbonyl (C=O) groups excluding carboxylic acids is 3. The summed E-state index contributed by atoms with van der Waals surface area (Å²) in [5.41, 5.74) is 1.43. The Morgan fingerprint density at radius 1 is 1.00 bits per heavy atom. The second kappa shape index (κ2) is 13.1. The third kappa shape index (κ3) is 10.2. The van der Waals surface area contributed by atoms with Gasteiger partial charge in [-0.25, -0.2) is 9.59 Å². The van der Waals surface area contributed by atoms with E-state index in [1.54, 1.807) is 24.3 Å². The van der Waals surface area contributed by atoms with Crippen molar-refractivity contribution in [3.63, 3.8) is 0 Å². The number of rotatable bonds is 9. The van der Waals surface area contributed by atoms with Crippen LogP contribution in [0.15, 0.2) is 72.8 Å². The monoisotopic (exact) mass is 514 g/mol. The van der Waals surface area contributed by atoms with E-state index in [4.69, 9.17) is 50.4 Å². The quantitative estimate of drug-likeness (QED) is 0.221. The molecule has 7 nitrogen and oxygen atoms in total. The number of alkyl carbamates (subject to hydrolysis) is 1. The summed E-state index contributed by atoms with van der Waals surface area (Å²) in [7, 11) is 0. The number of ether oxygens (including phenoxy) is 3. The Kier molecular flexibility index (Phi) is 9.87. The number of benzene rings is 2. The summed E-state index contributed by atoms with van der Waals surface area (Å²) in [5.74, 6) is -1.56. The van der Waals surface area contributed by atoms with E-state index in [1.165, 1.54) is 12.2 Å². The van der Waals surface area contributed by atoms with Gasteiger partial charge in [0.05, 0.1) is 0 Å². The topological polar surface area (TPSA) is 90.9 Å². The van der Waals surface area contributed by atoms with Crippen molar-refractivity contribution in [2.45, 2.75) is 22.8 Å². The number of carbonyl (C=O) groups is 3. The number of hydrogen-bond acceptors (Lipinski definition) is 6. The standard InChI is InChI=1S/C23H22Cl3NO6/c1-16(28)31-14-8-13-19(27-22(30)32-15-23(24,25)26)21(29)33-20(17-9-4-2-5-10-17)18-11-6-3-7-12-18/h2-13,19-20H,14-15H2,1H3,(H,27,30)/i1D. The predicted octanol–water partition coefficient (Wildman–Crippen LogP) is 4.90. The van der Waals surface area contributed by atoms with Gasteiger partial charge in [0.1, 0.15) is 19.3 Å². The van der Waals surface area contributed by atoms with E-state index < -0.39 is 47.5 Å². The maximum Gasteiger partial charge on any atom is 0.408 e. The Hall–Kier alpha value is -2.74. The molecule has 0 aliphatic carbocycles. The minimum absolute atomic E-state index is 0.215. The SMILES string of the molecule is [2H]CC(=O)OCC=CC(NC(=O)OCC(Cl)(Cl)Cl)C(=O)OC(c1ccccc1)c1ccccc1. The van der Waals surface area contributed by atoms with E-state index in [2.05, 4.69) is 5.32 Å². The molecule has 33 heavy (non-hydrogen) atoms. The summed E-state index contributed by atoms with van der Waals surface area (Å²) in [6.45, 7) is -1.31. The number of hydrogen-bond donors (Lipinski definition) is 1. The van der Waals surface area contributed by atoms with E-state index in [0.29, 0.717) is 11.1 Å². The Bertz CT molecular complexity index is 930. The van der Waals surface area contributed by atoms with Crippen LogP contribution < -0.4 is 5.32 Å². The lowest BCUT2D eigenvalue weighted by molar-refractivity contribution is -0.148. The maximum atomic E-state index is 13.1. The van der Waals surface area contributed by atoms with Gasteiger partial charge in [-0.05, 0) is 17.2 Å². The lowest BCUT2D eigenvalue weighted by Crippen LogP contribution is -2.42. The summed E-state index contributed by atoms with van der Waals surface area (Å²) in [4.78, 5) is 36.4. The minimum Gasteiger partial charge on any atom is -0.462 e. The molecule has 0 aromatic heterocycles.